The monoisotopic (exact) mass is 486 g/mol. The van der Waals surface area contributed by atoms with Crippen LogP contribution < -0.4 is 14.4 Å². The normalized spacial score (nSPS) is 12.8. The van der Waals surface area contributed by atoms with Crippen LogP contribution in [0.4, 0.5) is 5.69 Å². The number of benzene rings is 3. The van der Waals surface area contributed by atoms with Gasteiger partial charge in [-0.15, -0.1) is 10.2 Å². The maximum atomic E-state index is 13.2. The molecule has 178 valence electrons. The Hall–Kier alpha value is -3.78. The number of amides is 1. The van der Waals surface area contributed by atoms with E-state index >= 15 is 0 Å². The van der Waals surface area contributed by atoms with E-state index in [0.29, 0.717) is 22.5 Å². The zero-order valence-corrected chi connectivity index (χ0v) is 20.5. The molecule has 1 aliphatic rings. The average molecular weight is 487 g/mol. The van der Waals surface area contributed by atoms with Crippen LogP contribution in [-0.2, 0) is 11.2 Å². The number of carbonyl (C=O) groups is 1. The van der Waals surface area contributed by atoms with Crippen LogP contribution in [0.1, 0.15) is 12.0 Å². The van der Waals surface area contributed by atoms with Crippen molar-refractivity contribution in [2.24, 2.45) is 0 Å². The van der Waals surface area contributed by atoms with Crippen LogP contribution in [0.25, 0.3) is 17.1 Å². The molecule has 0 N–H and O–H groups in total. The summed E-state index contributed by atoms with van der Waals surface area (Å²) in [5.74, 6) is 2.25. The highest BCUT2D eigenvalue weighted by atomic mass is 32.2. The summed E-state index contributed by atoms with van der Waals surface area (Å²) in [7, 11) is 3.21. The molecule has 5 rings (SSSR count). The van der Waals surface area contributed by atoms with Gasteiger partial charge in [0.1, 0.15) is 0 Å². The number of hydrogen-bond donors (Lipinski definition) is 0. The summed E-state index contributed by atoms with van der Waals surface area (Å²) >= 11 is 1.39. The Kier molecular flexibility index (Phi) is 6.72. The molecule has 0 bridgehead atoms. The molecule has 1 aliphatic heterocycles. The number of hydrogen-bond acceptors (Lipinski definition) is 6. The van der Waals surface area contributed by atoms with Gasteiger partial charge in [0.2, 0.25) is 5.91 Å². The first kappa shape index (κ1) is 23.0. The standard InChI is InChI=1S/C27H26N4O3S/c1-33-23-15-14-20(17-24(23)34-2)26-28-29-27(31(26)21-11-4-3-5-12-21)35-18-25(32)30-16-8-10-19-9-6-7-13-22(19)30/h3-7,9,11-15,17H,8,10,16,18H2,1-2H3. The van der Waals surface area contributed by atoms with Crippen molar-refractivity contribution in [2.75, 3.05) is 31.4 Å². The van der Waals surface area contributed by atoms with Crippen molar-refractivity contribution in [1.82, 2.24) is 14.8 Å². The van der Waals surface area contributed by atoms with E-state index in [4.69, 9.17) is 9.47 Å². The second-order valence-corrected chi connectivity index (χ2v) is 9.06. The first-order valence-electron chi connectivity index (χ1n) is 11.4. The van der Waals surface area contributed by atoms with E-state index in [1.807, 2.05) is 76.2 Å². The van der Waals surface area contributed by atoms with Crippen LogP contribution in [0.5, 0.6) is 11.5 Å². The van der Waals surface area contributed by atoms with Crippen molar-refractivity contribution in [2.45, 2.75) is 18.0 Å². The SMILES string of the molecule is COc1ccc(-c2nnc(SCC(=O)N3CCCc4ccccc43)n2-c2ccccc2)cc1OC. The van der Waals surface area contributed by atoms with E-state index < -0.39 is 0 Å². The number of carbonyl (C=O) groups excluding carboxylic acids is 1. The lowest BCUT2D eigenvalue weighted by molar-refractivity contribution is -0.116. The van der Waals surface area contributed by atoms with Gasteiger partial charge in [-0.1, -0.05) is 48.2 Å². The summed E-state index contributed by atoms with van der Waals surface area (Å²) in [5.41, 5.74) is 3.99. The van der Waals surface area contributed by atoms with E-state index in [1.54, 1.807) is 14.2 Å². The summed E-state index contributed by atoms with van der Waals surface area (Å²) in [4.78, 5) is 15.1. The fourth-order valence-electron chi connectivity index (χ4n) is 4.33. The zero-order chi connectivity index (χ0) is 24.2. The quantitative estimate of drug-likeness (QED) is 0.342. The molecule has 0 radical (unpaired) electrons. The summed E-state index contributed by atoms with van der Waals surface area (Å²) in [6.07, 6.45) is 1.97. The van der Waals surface area contributed by atoms with Gasteiger partial charge in [-0.25, -0.2) is 0 Å². The van der Waals surface area contributed by atoms with Gasteiger partial charge in [0, 0.05) is 23.5 Å². The lowest BCUT2D eigenvalue weighted by Crippen LogP contribution is -2.36. The maximum Gasteiger partial charge on any atom is 0.237 e. The molecule has 0 spiro atoms. The van der Waals surface area contributed by atoms with Crippen LogP contribution >= 0.6 is 11.8 Å². The fraction of sp³-hybridized carbons (Fsp3) is 0.222. The first-order valence-corrected chi connectivity index (χ1v) is 12.4. The fourth-order valence-corrected chi connectivity index (χ4v) is 5.16. The van der Waals surface area contributed by atoms with E-state index in [0.717, 1.165) is 36.3 Å². The third-order valence-electron chi connectivity index (χ3n) is 6.03. The molecule has 3 aromatic carbocycles. The van der Waals surface area contributed by atoms with Crippen molar-refractivity contribution in [1.29, 1.82) is 0 Å². The maximum absolute atomic E-state index is 13.2. The molecule has 0 atom stereocenters. The second kappa shape index (κ2) is 10.2. The Morgan fingerprint density at radius 3 is 2.51 bits per heavy atom. The van der Waals surface area contributed by atoms with E-state index in [2.05, 4.69) is 16.3 Å². The van der Waals surface area contributed by atoms with Crippen molar-refractivity contribution < 1.29 is 14.3 Å². The minimum Gasteiger partial charge on any atom is -0.493 e. The Bertz CT molecular complexity index is 1340. The van der Waals surface area contributed by atoms with Crippen LogP contribution in [0.15, 0.2) is 78.0 Å². The van der Waals surface area contributed by atoms with Crippen LogP contribution in [0.2, 0.25) is 0 Å². The van der Waals surface area contributed by atoms with Gasteiger partial charge in [-0.05, 0) is 54.8 Å². The van der Waals surface area contributed by atoms with Crippen molar-refractivity contribution >= 4 is 23.4 Å². The summed E-state index contributed by atoms with van der Waals surface area (Å²) in [6, 6.07) is 23.7. The number of aromatic nitrogens is 3. The largest absolute Gasteiger partial charge is 0.493 e. The molecule has 2 heterocycles. The lowest BCUT2D eigenvalue weighted by atomic mass is 10.0. The molecule has 0 fully saturated rings. The topological polar surface area (TPSA) is 69.5 Å². The number of aryl methyl sites for hydroxylation is 1. The molecule has 1 aromatic heterocycles. The molecular weight excluding hydrogens is 460 g/mol. The van der Waals surface area contributed by atoms with Gasteiger partial charge in [0.25, 0.3) is 0 Å². The molecule has 35 heavy (non-hydrogen) atoms. The molecule has 0 saturated carbocycles. The number of thioether (sulfide) groups is 1. The Morgan fingerprint density at radius 2 is 1.71 bits per heavy atom. The molecule has 4 aromatic rings. The molecular formula is C27H26N4O3S. The van der Waals surface area contributed by atoms with Gasteiger partial charge in [-0.2, -0.15) is 0 Å². The van der Waals surface area contributed by atoms with Gasteiger partial charge in [-0.3, -0.25) is 9.36 Å². The third kappa shape index (κ3) is 4.61. The molecule has 8 heteroatoms. The highest BCUT2D eigenvalue weighted by molar-refractivity contribution is 7.99. The Morgan fingerprint density at radius 1 is 0.943 bits per heavy atom. The van der Waals surface area contributed by atoms with E-state index in [-0.39, 0.29) is 11.7 Å². The van der Waals surface area contributed by atoms with Crippen molar-refractivity contribution in [3.63, 3.8) is 0 Å². The first-order chi connectivity index (χ1) is 17.2. The van der Waals surface area contributed by atoms with Gasteiger partial charge in [0.15, 0.2) is 22.5 Å². The minimum atomic E-state index is 0.0671. The Balaban J connectivity index is 1.46. The summed E-state index contributed by atoms with van der Waals surface area (Å²) < 4.78 is 12.8. The predicted octanol–water partition coefficient (Wildman–Crippen LogP) is 5.02. The molecule has 0 saturated heterocycles. The number of fused-ring (bicyclic) bond motifs is 1. The highest BCUT2D eigenvalue weighted by Crippen LogP contribution is 2.35. The minimum absolute atomic E-state index is 0.0671. The molecule has 0 unspecified atom stereocenters. The number of rotatable bonds is 7. The predicted molar refractivity (Wildman–Crippen MR) is 138 cm³/mol. The molecule has 0 aliphatic carbocycles. The number of nitrogens with zero attached hydrogens (tertiary/aromatic N) is 4. The van der Waals surface area contributed by atoms with Crippen LogP contribution in [0, 0.1) is 0 Å². The van der Waals surface area contributed by atoms with Crippen LogP contribution in [0.3, 0.4) is 0 Å². The van der Waals surface area contributed by atoms with Gasteiger partial charge < -0.3 is 14.4 Å². The number of ether oxygens (including phenoxy) is 2. The smallest absolute Gasteiger partial charge is 0.237 e. The highest BCUT2D eigenvalue weighted by Gasteiger charge is 2.24. The molecule has 1 amide bonds. The summed E-state index contributed by atoms with van der Waals surface area (Å²) in [5, 5.41) is 9.60. The number of para-hydroxylation sites is 2. The number of anilines is 1. The summed E-state index contributed by atoms with van der Waals surface area (Å²) in [6.45, 7) is 0.735. The lowest BCUT2D eigenvalue weighted by Gasteiger charge is -2.29. The second-order valence-electron chi connectivity index (χ2n) is 8.11. The third-order valence-corrected chi connectivity index (χ3v) is 6.94. The number of methoxy groups -OCH3 is 2. The Labute approximate surface area is 208 Å². The van der Waals surface area contributed by atoms with Crippen molar-refractivity contribution in [3.05, 3.63) is 78.4 Å². The van der Waals surface area contributed by atoms with E-state index in [9.17, 15) is 4.79 Å². The van der Waals surface area contributed by atoms with E-state index in [1.165, 1.54) is 17.3 Å². The zero-order valence-electron chi connectivity index (χ0n) is 19.7. The molecule has 7 nitrogen and oxygen atoms in total. The van der Waals surface area contributed by atoms with Crippen molar-refractivity contribution in [3.8, 4) is 28.6 Å². The van der Waals surface area contributed by atoms with Gasteiger partial charge >= 0.3 is 0 Å². The van der Waals surface area contributed by atoms with Crippen LogP contribution in [-0.4, -0.2) is 47.2 Å². The average Bonchev–Trinajstić information content (AvgIpc) is 3.35. The van der Waals surface area contributed by atoms with Gasteiger partial charge in [0.05, 0.1) is 20.0 Å².